The minimum Gasteiger partial charge on any atom is -0.288 e. The van der Waals surface area contributed by atoms with E-state index in [-0.39, 0.29) is 5.78 Å². The van der Waals surface area contributed by atoms with E-state index in [9.17, 15) is 4.79 Å². The molecule has 2 heterocycles. The second-order valence-electron chi connectivity index (χ2n) is 6.19. The Morgan fingerprint density at radius 1 is 1.00 bits per heavy atom. The highest BCUT2D eigenvalue weighted by Gasteiger charge is 2.34. The molecule has 0 saturated heterocycles. The van der Waals surface area contributed by atoms with Gasteiger partial charge in [0.1, 0.15) is 0 Å². The normalized spacial score (nSPS) is 12.3. The minimum atomic E-state index is 0.0681. The van der Waals surface area contributed by atoms with Gasteiger partial charge in [0.05, 0.1) is 22.6 Å². The molecule has 5 heteroatoms. The van der Waals surface area contributed by atoms with Gasteiger partial charge >= 0.3 is 0 Å². The van der Waals surface area contributed by atoms with Gasteiger partial charge in [0.15, 0.2) is 5.78 Å². The molecule has 1 aliphatic rings. The Kier molecular flexibility index (Phi) is 3.36. The van der Waals surface area contributed by atoms with E-state index < -0.39 is 0 Å². The SMILES string of the molecule is CCc1nn(-c2nc(-c3ccccc3)cs2)c2c1C(=O)c1ccccc1-2. The second kappa shape index (κ2) is 5.75. The van der Waals surface area contributed by atoms with Crippen molar-refractivity contribution in [1.82, 2.24) is 14.8 Å². The average molecular weight is 357 g/mol. The molecular formula is C21H15N3OS. The van der Waals surface area contributed by atoms with Crippen molar-refractivity contribution in [1.29, 1.82) is 0 Å². The first-order valence-corrected chi connectivity index (χ1v) is 9.43. The number of carbonyl (C=O) groups excluding carboxylic acids is 1. The van der Waals surface area contributed by atoms with Gasteiger partial charge in [-0.15, -0.1) is 11.3 Å². The summed E-state index contributed by atoms with van der Waals surface area (Å²) in [5.74, 6) is 0.0681. The molecule has 4 aromatic rings. The van der Waals surface area contributed by atoms with Crippen LogP contribution in [0.5, 0.6) is 0 Å². The summed E-state index contributed by atoms with van der Waals surface area (Å²) in [4.78, 5) is 17.7. The predicted octanol–water partition coefficient (Wildman–Crippen LogP) is 4.77. The number of ketones is 1. The molecule has 5 rings (SSSR count). The number of carbonyl (C=O) groups is 1. The maximum Gasteiger partial charge on any atom is 0.211 e. The Labute approximate surface area is 154 Å². The number of nitrogens with zero attached hydrogens (tertiary/aromatic N) is 3. The summed E-state index contributed by atoms with van der Waals surface area (Å²) in [5.41, 5.74) is 6.12. The van der Waals surface area contributed by atoms with Crippen LogP contribution in [0.4, 0.5) is 0 Å². The highest BCUT2D eigenvalue weighted by molar-refractivity contribution is 7.12. The fourth-order valence-corrected chi connectivity index (χ4v) is 4.25. The first kappa shape index (κ1) is 15.2. The lowest BCUT2D eigenvalue weighted by Crippen LogP contribution is -2.01. The third kappa shape index (κ3) is 2.10. The monoisotopic (exact) mass is 357 g/mol. The van der Waals surface area contributed by atoms with Crippen LogP contribution in [0.3, 0.4) is 0 Å². The van der Waals surface area contributed by atoms with Gasteiger partial charge in [0, 0.05) is 22.1 Å². The van der Waals surface area contributed by atoms with Gasteiger partial charge in [-0.25, -0.2) is 9.67 Å². The van der Waals surface area contributed by atoms with Crippen LogP contribution >= 0.6 is 11.3 Å². The van der Waals surface area contributed by atoms with Crippen LogP contribution in [-0.4, -0.2) is 20.5 Å². The van der Waals surface area contributed by atoms with E-state index in [0.717, 1.165) is 44.5 Å². The number of hydrogen-bond acceptors (Lipinski definition) is 4. The lowest BCUT2D eigenvalue weighted by atomic mass is 10.1. The first-order chi connectivity index (χ1) is 12.8. The van der Waals surface area contributed by atoms with Crippen molar-refractivity contribution in [3.05, 3.63) is 76.8 Å². The van der Waals surface area contributed by atoms with Gasteiger partial charge in [-0.3, -0.25) is 4.79 Å². The van der Waals surface area contributed by atoms with Crippen LogP contribution in [-0.2, 0) is 6.42 Å². The first-order valence-electron chi connectivity index (χ1n) is 8.55. The summed E-state index contributed by atoms with van der Waals surface area (Å²) >= 11 is 1.54. The number of rotatable bonds is 3. The van der Waals surface area contributed by atoms with E-state index in [2.05, 4.69) is 0 Å². The highest BCUT2D eigenvalue weighted by Crippen LogP contribution is 2.40. The standard InChI is InChI=1S/C21H15N3OS/c1-2-16-18-19(14-10-6-7-11-15(14)20(18)25)24(23-16)21-22-17(12-26-21)13-8-4-3-5-9-13/h3-12H,2H2,1H3. The smallest absolute Gasteiger partial charge is 0.211 e. The molecule has 4 nitrogen and oxygen atoms in total. The van der Waals surface area contributed by atoms with Gasteiger partial charge in [-0.2, -0.15) is 5.10 Å². The zero-order chi connectivity index (χ0) is 17.7. The Bertz CT molecular complexity index is 1140. The molecule has 126 valence electrons. The molecule has 0 fully saturated rings. The highest BCUT2D eigenvalue weighted by atomic mass is 32.1. The number of benzene rings is 2. The van der Waals surface area contributed by atoms with Crippen LogP contribution in [0.1, 0.15) is 28.5 Å². The van der Waals surface area contributed by atoms with Crippen molar-refractivity contribution in [3.8, 4) is 27.6 Å². The van der Waals surface area contributed by atoms with Crippen LogP contribution in [0.25, 0.3) is 27.6 Å². The molecule has 0 radical (unpaired) electrons. The van der Waals surface area contributed by atoms with Crippen molar-refractivity contribution in [2.24, 2.45) is 0 Å². The van der Waals surface area contributed by atoms with Crippen LogP contribution in [0.2, 0.25) is 0 Å². The van der Waals surface area contributed by atoms with E-state index in [4.69, 9.17) is 10.1 Å². The molecule has 0 amide bonds. The third-order valence-corrected chi connectivity index (χ3v) is 5.51. The molecular weight excluding hydrogens is 342 g/mol. The molecule has 26 heavy (non-hydrogen) atoms. The fraction of sp³-hybridized carbons (Fsp3) is 0.0952. The molecule has 0 aliphatic heterocycles. The van der Waals surface area contributed by atoms with E-state index in [0.29, 0.717) is 6.42 Å². The van der Waals surface area contributed by atoms with E-state index in [1.807, 2.05) is 71.6 Å². The molecule has 0 saturated carbocycles. The predicted molar refractivity (Wildman–Crippen MR) is 103 cm³/mol. The van der Waals surface area contributed by atoms with Gasteiger partial charge in [-0.1, -0.05) is 61.5 Å². The molecule has 1 aliphatic carbocycles. The Hall–Kier alpha value is -3.05. The number of thiazole rings is 1. The van der Waals surface area contributed by atoms with E-state index >= 15 is 0 Å². The molecule has 0 N–H and O–H groups in total. The van der Waals surface area contributed by atoms with Crippen molar-refractivity contribution in [2.75, 3.05) is 0 Å². The van der Waals surface area contributed by atoms with Crippen LogP contribution in [0.15, 0.2) is 60.0 Å². The number of aryl methyl sites for hydroxylation is 1. The van der Waals surface area contributed by atoms with E-state index in [1.165, 1.54) is 0 Å². The maximum atomic E-state index is 12.9. The van der Waals surface area contributed by atoms with Gasteiger partial charge in [-0.05, 0) is 6.42 Å². The van der Waals surface area contributed by atoms with Crippen LogP contribution < -0.4 is 0 Å². The summed E-state index contributed by atoms with van der Waals surface area (Å²) in [5, 5.41) is 7.54. The van der Waals surface area contributed by atoms with E-state index in [1.54, 1.807) is 11.3 Å². The molecule has 0 bridgehead atoms. The zero-order valence-corrected chi connectivity index (χ0v) is 15.0. The molecule has 2 aromatic carbocycles. The van der Waals surface area contributed by atoms with Crippen molar-refractivity contribution < 1.29 is 4.79 Å². The fourth-order valence-electron chi connectivity index (χ4n) is 3.46. The summed E-state index contributed by atoms with van der Waals surface area (Å²) in [6.45, 7) is 2.03. The quantitative estimate of drug-likeness (QED) is 0.467. The Morgan fingerprint density at radius 3 is 2.50 bits per heavy atom. The average Bonchev–Trinajstić information content (AvgIpc) is 3.38. The molecule has 0 spiro atoms. The van der Waals surface area contributed by atoms with Gasteiger partial charge in [0.25, 0.3) is 0 Å². The summed E-state index contributed by atoms with van der Waals surface area (Å²) in [6.07, 6.45) is 0.714. The third-order valence-electron chi connectivity index (χ3n) is 4.69. The molecule has 2 aromatic heterocycles. The van der Waals surface area contributed by atoms with Crippen molar-refractivity contribution >= 4 is 17.1 Å². The summed E-state index contributed by atoms with van der Waals surface area (Å²) < 4.78 is 1.84. The minimum absolute atomic E-state index is 0.0681. The number of fused-ring (bicyclic) bond motifs is 3. The zero-order valence-electron chi connectivity index (χ0n) is 14.1. The molecule has 0 atom stereocenters. The second-order valence-corrected chi connectivity index (χ2v) is 7.03. The number of hydrogen-bond donors (Lipinski definition) is 0. The van der Waals surface area contributed by atoms with Crippen molar-refractivity contribution in [3.63, 3.8) is 0 Å². The van der Waals surface area contributed by atoms with Crippen LogP contribution in [0, 0.1) is 0 Å². The topological polar surface area (TPSA) is 47.8 Å². The number of aromatic nitrogens is 3. The molecule has 0 unspecified atom stereocenters. The maximum absolute atomic E-state index is 12.9. The lowest BCUT2D eigenvalue weighted by molar-refractivity contribution is 0.104. The van der Waals surface area contributed by atoms with Gasteiger partial charge < -0.3 is 0 Å². The van der Waals surface area contributed by atoms with Gasteiger partial charge in [0.2, 0.25) is 5.13 Å². The van der Waals surface area contributed by atoms with Crippen molar-refractivity contribution in [2.45, 2.75) is 13.3 Å². The Balaban J connectivity index is 1.70. The lowest BCUT2D eigenvalue weighted by Gasteiger charge is -2.03. The largest absolute Gasteiger partial charge is 0.288 e. The summed E-state index contributed by atoms with van der Waals surface area (Å²) in [7, 11) is 0. The summed E-state index contributed by atoms with van der Waals surface area (Å²) in [6, 6.07) is 17.8. The Morgan fingerprint density at radius 2 is 1.73 bits per heavy atom.